The first-order chi connectivity index (χ1) is 12.0. The van der Waals surface area contributed by atoms with Gasteiger partial charge in [-0.25, -0.2) is 4.98 Å². The van der Waals surface area contributed by atoms with Crippen LogP contribution in [0, 0.1) is 0 Å². The van der Waals surface area contributed by atoms with E-state index in [1.807, 2.05) is 42.1 Å². The van der Waals surface area contributed by atoms with Crippen molar-refractivity contribution in [3.05, 3.63) is 48.0 Å². The lowest BCUT2D eigenvalue weighted by molar-refractivity contribution is 0.0949. The Morgan fingerprint density at radius 3 is 2.40 bits per heavy atom. The first-order valence-electron chi connectivity index (χ1n) is 8.88. The number of carbonyl (C=O) groups excluding carboxylic acids is 1. The molecule has 0 unspecified atom stereocenters. The van der Waals surface area contributed by atoms with E-state index in [-0.39, 0.29) is 5.91 Å². The first-order valence-corrected chi connectivity index (χ1v) is 8.88. The van der Waals surface area contributed by atoms with Gasteiger partial charge in [0.1, 0.15) is 5.82 Å². The Labute approximate surface area is 149 Å². The van der Waals surface area contributed by atoms with Crippen molar-refractivity contribution >= 4 is 11.6 Å². The summed E-state index contributed by atoms with van der Waals surface area (Å²) in [4.78, 5) is 21.4. The Kier molecular flexibility index (Phi) is 5.38. The quantitative estimate of drug-likeness (QED) is 0.902. The van der Waals surface area contributed by atoms with Crippen molar-refractivity contribution in [1.82, 2.24) is 19.8 Å². The van der Waals surface area contributed by atoms with E-state index in [2.05, 4.69) is 33.9 Å². The van der Waals surface area contributed by atoms with Gasteiger partial charge in [-0.05, 0) is 38.1 Å². The van der Waals surface area contributed by atoms with Gasteiger partial charge >= 0.3 is 0 Å². The molecule has 3 rings (SSSR count). The molecular weight excluding hydrogens is 314 g/mol. The highest BCUT2D eigenvalue weighted by Gasteiger charge is 2.19. The number of nitrogens with zero attached hydrogens (tertiary/aromatic N) is 4. The molecule has 0 bridgehead atoms. The van der Waals surface area contributed by atoms with Gasteiger partial charge in [0.15, 0.2) is 0 Å². The van der Waals surface area contributed by atoms with Gasteiger partial charge in [0.05, 0.1) is 6.54 Å². The molecule has 1 N–H and O–H groups in total. The molecule has 0 spiro atoms. The number of nitrogens with one attached hydrogen (secondary N) is 1. The van der Waals surface area contributed by atoms with Crippen LogP contribution in [0.5, 0.6) is 0 Å². The van der Waals surface area contributed by atoms with E-state index in [4.69, 9.17) is 0 Å². The number of piperazine rings is 1. The van der Waals surface area contributed by atoms with Gasteiger partial charge in [-0.15, -0.1) is 0 Å². The topological polar surface area (TPSA) is 53.4 Å². The fourth-order valence-electron chi connectivity index (χ4n) is 3.15. The fraction of sp³-hybridized carbons (Fsp3) is 0.474. The summed E-state index contributed by atoms with van der Waals surface area (Å²) in [5, 5.41) is 2.92. The number of aryl methyl sites for hydroxylation is 1. The summed E-state index contributed by atoms with van der Waals surface area (Å²) >= 11 is 0. The molecule has 1 aromatic heterocycles. The summed E-state index contributed by atoms with van der Waals surface area (Å²) in [6.07, 6.45) is 3.60. The van der Waals surface area contributed by atoms with Gasteiger partial charge in [0, 0.05) is 62.9 Å². The maximum Gasteiger partial charge on any atom is 0.251 e. The largest absolute Gasteiger partial charge is 0.369 e. The number of hydrogen-bond donors (Lipinski definition) is 1. The molecule has 1 aliphatic rings. The van der Waals surface area contributed by atoms with Gasteiger partial charge < -0.3 is 14.8 Å². The minimum atomic E-state index is -0.0702. The standard InChI is InChI=1S/C19H27N5O/c1-15(2)23-10-12-24(13-11-23)17-6-4-16(5-7-17)19(25)21-14-18-20-8-9-22(18)3/h4-9,15H,10-14H2,1-3H3,(H,21,25). The summed E-state index contributed by atoms with van der Waals surface area (Å²) < 4.78 is 1.90. The second kappa shape index (κ2) is 7.70. The Hall–Kier alpha value is -2.34. The third-order valence-corrected chi connectivity index (χ3v) is 4.87. The summed E-state index contributed by atoms with van der Waals surface area (Å²) in [6, 6.07) is 8.49. The van der Waals surface area contributed by atoms with Crippen molar-refractivity contribution < 1.29 is 4.79 Å². The zero-order chi connectivity index (χ0) is 17.8. The highest BCUT2D eigenvalue weighted by Crippen LogP contribution is 2.18. The molecule has 1 saturated heterocycles. The molecule has 0 radical (unpaired) electrons. The molecule has 0 aliphatic carbocycles. The van der Waals surface area contributed by atoms with E-state index in [1.165, 1.54) is 5.69 Å². The zero-order valence-corrected chi connectivity index (χ0v) is 15.3. The number of aromatic nitrogens is 2. The predicted octanol–water partition coefficient (Wildman–Crippen LogP) is 1.88. The average Bonchev–Trinajstić information content (AvgIpc) is 3.05. The molecule has 134 valence electrons. The third-order valence-electron chi connectivity index (χ3n) is 4.87. The minimum Gasteiger partial charge on any atom is -0.369 e. The molecule has 2 aromatic rings. The number of anilines is 1. The average molecular weight is 341 g/mol. The van der Waals surface area contributed by atoms with Crippen LogP contribution in [0.1, 0.15) is 30.0 Å². The Morgan fingerprint density at radius 1 is 1.16 bits per heavy atom. The Balaban J connectivity index is 1.55. The summed E-state index contributed by atoms with van der Waals surface area (Å²) in [6.45, 7) is 9.15. The number of amides is 1. The van der Waals surface area contributed by atoms with Crippen LogP contribution in [-0.4, -0.2) is 52.6 Å². The summed E-state index contributed by atoms with van der Waals surface area (Å²) in [5.74, 6) is 0.771. The highest BCUT2D eigenvalue weighted by molar-refractivity contribution is 5.94. The van der Waals surface area contributed by atoms with Crippen LogP contribution in [0.3, 0.4) is 0 Å². The SMILES string of the molecule is CC(C)N1CCN(c2ccc(C(=O)NCc3nccn3C)cc2)CC1. The summed E-state index contributed by atoms with van der Waals surface area (Å²) in [5.41, 5.74) is 1.86. The predicted molar refractivity (Wildman–Crippen MR) is 99.7 cm³/mol. The minimum absolute atomic E-state index is 0.0702. The van der Waals surface area contributed by atoms with E-state index >= 15 is 0 Å². The third kappa shape index (κ3) is 4.20. The fourth-order valence-corrected chi connectivity index (χ4v) is 3.15. The molecule has 2 heterocycles. The lowest BCUT2D eigenvalue weighted by Gasteiger charge is -2.38. The van der Waals surface area contributed by atoms with E-state index in [0.717, 1.165) is 32.0 Å². The Bertz CT molecular complexity index is 699. The van der Waals surface area contributed by atoms with E-state index in [9.17, 15) is 4.79 Å². The van der Waals surface area contributed by atoms with Gasteiger partial charge in [0.25, 0.3) is 5.91 Å². The van der Waals surface area contributed by atoms with Crippen molar-refractivity contribution in [2.75, 3.05) is 31.1 Å². The molecule has 6 heteroatoms. The molecule has 0 saturated carbocycles. The number of benzene rings is 1. The van der Waals surface area contributed by atoms with Crippen LogP contribution < -0.4 is 10.2 Å². The van der Waals surface area contributed by atoms with Crippen molar-refractivity contribution in [2.45, 2.75) is 26.4 Å². The second-order valence-corrected chi connectivity index (χ2v) is 6.80. The van der Waals surface area contributed by atoms with E-state index in [0.29, 0.717) is 18.2 Å². The van der Waals surface area contributed by atoms with Gasteiger partial charge in [0.2, 0.25) is 0 Å². The molecule has 6 nitrogen and oxygen atoms in total. The molecule has 1 amide bonds. The molecule has 25 heavy (non-hydrogen) atoms. The smallest absolute Gasteiger partial charge is 0.251 e. The number of carbonyl (C=O) groups is 1. The van der Waals surface area contributed by atoms with E-state index < -0.39 is 0 Å². The summed E-state index contributed by atoms with van der Waals surface area (Å²) in [7, 11) is 1.92. The van der Waals surface area contributed by atoms with Crippen molar-refractivity contribution in [1.29, 1.82) is 0 Å². The van der Waals surface area contributed by atoms with Crippen LogP contribution >= 0.6 is 0 Å². The first kappa shape index (κ1) is 17.5. The van der Waals surface area contributed by atoms with Crippen LogP contribution in [0.25, 0.3) is 0 Å². The molecule has 1 aromatic carbocycles. The maximum absolute atomic E-state index is 12.3. The molecule has 1 fully saturated rings. The van der Waals surface area contributed by atoms with E-state index in [1.54, 1.807) is 6.20 Å². The molecule has 0 atom stereocenters. The molecule has 1 aliphatic heterocycles. The number of hydrogen-bond acceptors (Lipinski definition) is 4. The monoisotopic (exact) mass is 341 g/mol. The van der Waals surface area contributed by atoms with Crippen LogP contribution in [0.2, 0.25) is 0 Å². The number of imidazole rings is 1. The Morgan fingerprint density at radius 2 is 1.84 bits per heavy atom. The lowest BCUT2D eigenvalue weighted by Crippen LogP contribution is -2.48. The lowest BCUT2D eigenvalue weighted by atomic mass is 10.1. The molecular formula is C19H27N5O. The van der Waals surface area contributed by atoms with Crippen LogP contribution in [0.4, 0.5) is 5.69 Å². The second-order valence-electron chi connectivity index (χ2n) is 6.80. The van der Waals surface area contributed by atoms with Gasteiger partial charge in [-0.3, -0.25) is 9.69 Å². The maximum atomic E-state index is 12.3. The highest BCUT2D eigenvalue weighted by atomic mass is 16.1. The van der Waals surface area contributed by atoms with Crippen molar-refractivity contribution in [3.8, 4) is 0 Å². The van der Waals surface area contributed by atoms with Gasteiger partial charge in [-0.2, -0.15) is 0 Å². The van der Waals surface area contributed by atoms with Crippen molar-refractivity contribution in [2.24, 2.45) is 7.05 Å². The van der Waals surface area contributed by atoms with Crippen molar-refractivity contribution in [3.63, 3.8) is 0 Å². The van der Waals surface area contributed by atoms with Crippen LogP contribution in [-0.2, 0) is 13.6 Å². The van der Waals surface area contributed by atoms with Crippen LogP contribution in [0.15, 0.2) is 36.7 Å². The normalized spacial score (nSPS) is 15.6. The number of rotatable bonds is 5. The van der Waals surface area contributed by atoms with Gasteiger partial charge in [-0.1, -0.05) is 0 Å². The zero-order valence-electron chi connectivity index (χ0n) is 15.3.